The van der Waals surface area contributed by atoms with Gasteiger partial charge in [0.05, 0.1) is 17.2 Å². The molecule has 0 radical (unpaired) electrons. The van der Waals surface area contributed by atoms with Gasteiger partial charge in [-0.1, -0.05) is 32.0 Å². The number of benzene rings is 1. The largest absolute Gasteiger partial charge is 0.336 e. The number of nitrogens with one attached hydrogen (secondary N) is 1. The molecule has 0 unspecified atom stereocenters. The molecular formula is C19H25N3OS. The maximum Gasteiger partial charge on any atom is 0.254 e. The number of carbonyl (C=O) groups excluding carboxylic acids is 1. The van der Waals surface area contributed by atoms with Crippen LogP contribution in [0.1, 0.15) is 58.7 Å². The fourth-order valence-corrected chi connectivity index (χ4v) is 3.97. The molecule has 128 valence electrons. The smallest absolute Gasteiger partial charge is 0.254 e. The molecule has 3 rings (SSSR count). The van der Waals surface area contributed by atoms with E-state index in [0.29, 0.717) is 18.4 Å². The zero-order valence-corrected chi connectivity index (χ0v) is 15.4. The van der Waals surface area contributed by atoms with Gasteiger partial charge in [-0.15, -0.1) is 11.3 Å². The average molecular weight is 343 g/mol. The number of rotatable bonds is 5. The van der Waals surface area contributed by atoms with E-state index in [2.05, 4.69) is 35.6 Å². The van der Waals surface area contributed by atoms with Crippen LogP contribution in [-0.2, 0) is 6.54 Å². The standard InChI is InChI=1S/C19H25N3OS/c1-13(2)18-21-15(12-24-18)11-22(3)19(23)17-7-5-4-6-16(17)14-8-9-20-10-14/h4-7,12-14,20H,8-11H2,1-3H3/t14-/m0/s1. The Balaban J connectivity index is 1.75. The predicted molar refractivity (Wildman–Crippen MR) is 98.7 cm³/mol. The van der Waals surface area contributed by atoms with Crippen LogP contribution in [0.5, 0.6) is 0 Å². The summed E-state index contributed by atoms with van der Waals surface area (Å²) in [5.41, 5.74) is 2.97. The number of amides is 1. The zero-order chi connectivity index (χ0) is 17.1. The van der Waals surface area contributed by atoms with Crippen LogP contribution in [0, 0.1) is 0 Å². The van der Waals surface area contributed by atoms with Crippen molar-refractivity contribution in [3.8, 4) is 0 Å². The molecule has 1 atom stereocenters. The number of hydrogen-bond donors (Lipinski definition) is 1. The van der Waals surface area contributed by atoms with E-state index in [1.165, 1.54) is 5.56 Å². The first-order valence-corrected chi connectivity index (χ1v) is 9.43. The summed E-state index contributed by atoms with van der Waals surface area (Å²) in [6, 6.07) is 8.03. The van der Waals surface area contributed by atoms with Gasteiger partial charge in [0.2, 0.25) is 0 Å². The van der Waals surface area contributed by atoms with Crippen molar-refractivity contribution in [2.75, 3.05) is 20.1 Å². The number of carbonyl (C=O) groups is 1. The van der Waals surface area contributed by atoms with Gasteiger partial charge in [0.1, 0.15) is 0 Å². The average Bonchev–Trinajstić information content (AvgIpc) is 3.25. The van der Waals surface area contributed by atoms with E-state index in [9.17, 15) is 4.79 Å². The highest BCUT2D eigenvalue weighted by atomic mass is 32.1. The van der Waals surface area contributed by atoms with E-state index in [0.717, 1.165) is 35.8 Å². The van der Waals surface area contributed by atoms with E-state index in [1.54, 1.807) is 16.2 Å². The van der Waals surface area contributed by atoms with Crippen molar-refractivity contribution in [2.24, 2.45) is 0 Å². The predicted octanol–water partition coefficient (Wildman–Crippen LogP) is 3.62. The van der Waals surface area contributed by atoms with Gasteiger partial charge in [0.15, 0.2) is 0 Å². The second-order valence-electron chi connectivity index (χ2n) is 6.77. The molecule has 1 amide bonds. The molecule has 0 saturated carbocycles. The first-order chi connectivity index (χ1) is 11.6. The lowest BCUT2D eigenvalue weighted by molar-refractivity contribution is 0.0782. The molecule has 1 aliphatic heterocycles. The molecule has 1 saturated heterocycles. The topological polar surface area (TPSA) is 45.2 Å². The van der Waals surface area contributed by atoms with Crippen molar-refractivity contribution in [1.82, 2.24) is 15.2 Å². The first-order valence-electron chi connectivity index (χ1n) is 8.55. The molecule has 1 N–H and O–H groups in total. The maximum absolute atomic E-state index is 12.9. The highest BCUT2D eigenvalue weighted by Gasteiger charge is 2.24. The van der Waals surface area contributed by atoms with E-state index in [1.807, 2.05) is 25.2 Å². The van der Waals surface area contributed by atoms with Gasteiger partial charge in [-0.05, 0) is 30.5 Å². The molecular weight excluding hydrogens is 318 g/mol. The Labute approximate surface area is 147 Å². The van der Waals surface area contributed by atoms with Crippen LogP contribution in [0.3, 0.4) is 0 Å². The number of nitrogens with zero attached hydrogens (tertiary/aromatic N) is 2. The van der Waals surface area contributed by atoms with Crippen LogP contribution < -0.4 is 5.32 Å². The minimum absolute atomic E-state index is 0.0802. The molecule has 0 bridgehead atoms. The van der Waals surface area contributed by atoms with E-state index < -0.39 is 0 Å². The molecule has 2 heterocycles. The SMILES string of the molecule is CC(C)c1nc(CN(C)C(=O)c2ccccc2[C@H]2CCNC2)cs1. The Hall–Kier alpha value is -1.72. The third kappa shape index (κ3) is 3.68. The zero-order valence-electron chi connectivity index (χ0n) is 14.6. The van der Waals surface area contributed by atoms with Gasteiger partial charge < -0.3 is 10.2 Å². The summed E-state index contributed by atoms with van der Waals surface area (Å²) in [6.45, 7) is 6.82. The highest BCUT2D eigenvalue weighted by Crippen LogP contribution is 2.27. The van der Waals surface area contributed by atoms with Crippen LogP contribution in [0.25, 0.3) is 0 Å². The summed E-state index contributed by atoms with van der Waals surface area (Å²) < 4.78 is 0. The maximum atomic E-state index is 12.9. The van der Waals surface area contributed by atoms with Crippen LogP contribution >= 0.6 is 11.3 Å². The van der Waals surface area contributed by atoms with Gasteiger partial charge in [-0.3, -0.25) is 4.79 Å². The molecule has 4 nitrogen and oxygen atoms in total. The lowest BCUT2D eigenvalue weighted by Gasteiger charge is -2.20. The monoisotopic (exact) mass is 343 g/mol. The molecule has 1 aliphatic rings. The van der Waals surface area contributed by atoms with Crippen molar-refractivity contribution in [2.45, 2.75) is 38.6 Å². The number of thiazole rings is 1. The Morgan fingerprint density at radius 3 is 2.88 bits per heavy atom. The Bertz CT molecular complexity index is 704. The minimum Gasteiger partial charge on any atom is -0.336 e. The van der Waals surface area contributed by atoms with Crippen molar-refractivity contribution in [3.63, 3.8) is 0 Å². The van der Waals surface area contributed by atoms with Crippen LogP contribution in [0.4, 0.5) is 0 Å². The van der Waals surface area contributed by atoms with E-state index in [-0.39, 0.29) is 5.91 Å². The molecule has 0 aliphatic carbocycles. The van der Waals surface area contributed by atoms with Gasteiger partial charge >= 0.3 is 0 Å². The highest BCUT2D eigenvalue weighted by molar-refractivity contribution is 7.09. The fourth-order valence-electron chi connectivity index (χ4n) is 3.15. The molecule has 24 heavy (non-hydrogen) atoms. The Morgan fingerprint density at radius 1 is 1.42 bits per heavy atom. The lowest BCUT2D eigenvalue weighted by atomic mass is 9.93. The third-order valence-corrected chi connectivity index (χ3v) is 5.69. The van der Waals surface area contributed by atoms with E-state index >= 15 is 0 Å². The van der Waals surface area contributed by atoms with Crippen molar-refractivity contribution < 1.29 is 4.79 Å². The molecule has 2 aromatic rings. The summed E-state index contributed by atoms with van der Waals surface area (Å²) in [7, 11) is 1.86. The first kappa shape index (κ1) is 17.1. The summed E-state index contributed by atoms with van der Waals surface area (Å²) in [5, 5.41) is 6.58. The Kier molecular flexibility index (Phi) is 5.31. The summed E-state index contributed by atoms with van der Waals surface area (Å²) in [5.74, 6) is 0.947. The van der Waals surface area contributed by atoms with E-state index in [4.69, 9.17) is 0 Å². The van der Waals surface area contributed by atoms with Gasteiger partial charge in [0.25, 0.3) is 5.91 Å². The lowest BCUT2D eigenvalue weighted by Crippen LogP contribution is -2.28. The second kappa shape index (κ2) is 7.45. The quantitative estimate of drug-likeness (QED) is 0.902. The molecule has 1 aromatic heterocycles. The van der Waals surface area contributed by atoms with Gasteiger partial charge in [-0.25, -0.2) is 4.98 Å². The second-order valence-corrected chi connectivity index (χ2v) is 7.66. The Morgan fingerprint density at radius 2 is 2.21 bits per heavy atom. The fraction of sp³-hybridized carbons (Fsp3) is 0.474. The normalized spacial score (nSPS) is 17.4. The molecule has 0 spiro atoms. The molecule has 1 aromatic carbocycles. The summed E-state index contributed by atoms with van der Waals surface area (Å²) in [4.78, 5) is 19.4. The van der Waals surface area contributed by atoms with Crippen LogP contribution in [0.15, 0.2) is 29.6 Å². The van der Waals surface area contributed by atoms with Gasteiger partial charge in [-0.2, -0.15) is 0 Å². The van der Waals surface area contributed by atoms with Crippen LogP contribution in [-0.4, -0.2) is 35.9 Å². The molecule has 5 heteroatoms. The van der Waals surface area contributed by atoms with Crippen molar-refractivity contribution >= 4 is 17.2 Å². The van der Waals surface area contributed by atoms with Crippen molar-refractivity contribution in [1.29, 1.82) is 0 Å². The summed E-state index contributed by atoms with van der Waals surface area (Å²) in [6.07, 6.45) is 1.10. The van der Waals surface area contributed by atoms with Crippen LogP contribution in [0.2, 0.25) is 0 Å². The van der Waals surface area contributed by atoms with Gasteiger partial charge in [0, 0.05) is 30.5 Å². The molecule has 1 fully saturated rings. The third-order valence-electron chi connectivity index (χ3n) is 4.50. The van der Waals surface area contributed by atoms with Crippen molar-refractivity contribution in [3.05, 3.63) is 51.5 Å². The number of aromatic nitrogens is 1. The summed E-state index contributed by atoms with van der Waals surface area (Å²) >= 11 is 1.67. The number of hydrogen-bond acceptors (Lipinski definition) is 4. The minimum atomic E-state index is 0.0802.